The molecule has 1 aromatic rings. The van der Waals surface area contributed by atoms with Crippen molar-refractivity contribution in [3.8, 4) is 5.75 Å². The molecular weight excluding hydrogens is 384 g/mol. The van der Waals surface area contributed by atoms with E-state index in [4.69, 9.17) is 27.9 Å². The van der Waals surface area contributed by atoms with Crippen LogP contribution >= 0.6 is 23.2 Å². The number of hydrazone groups is 1. The van der Waals surface area contributed by atoms with E-state index in [1.807, 2.05) is 0 Å². The molecule has 0 bridgehead atoms. The van der Waals surface area contributed by atoms with Crippen LogP contribution in [0.2, 0.25) is 10.0 Å². The summed E-state index contributed by atoms with van der Waals surface area (Å²) < 4.78 is 44.9. The van der Waals surface area contributed by atoms with Crippen LogP contribution in [0.5, 0.6) is 5.75 Å². The van der Waals surface area contributed by atoms with Crippen LogP contribution in [-0.4, -0.2) is 40.2 Å². The maximum atomic E-state index is 13.3. The molecule has 1 aliphatic rings. The van der Waals surface area contributed by atoms with Crippen molar-refractivity contribution in [3.63, 3.8) is 0 Å². The molecule has 1 N–H and O–H groups in total. The molecule has 0 spiro atoms. The summed E-state index contributed by atoms with van der Waals surface area (Å²) in [7, 11) is 0. The van der Waals surface area contributed by atoms with Crippen molar-refractivity contribution in [2.75, 3.05) is 6.61 Å². The Morgan fingerprint density at radius 3 is 2.60 bits per heavy atom. The number of benzene rings is 1. The van der Waals surface area contributed by atoms with Gasteiger partial charge in [0.25, 0.3) is 11.6 Å². The van der Waals surface area contributed by atoms with Gasteiger partial charge in [-0.2, -0.15) is 23.3 Å². The van der Waals surface area contributed by atoms with E-state index in [9.17, 15) is 23.1 Å². The predicted octanol–water partition coefficient (Wildman–Crippen LogP) is 3.87. The molecule has 5 nitrogen and oxygen atoms in total. The lowest BCUT2D eigenvalue weighted by Gasteiger charge is -2.32. The number of hydrogen-bond donors (Lipinski definition) is 1. The van der Waals surface area contributed by atoms with E-state index in [1.54, 1.807) is 13.8 Å². The molecule has 2 rings (SSSR count). The Labute approximate surface area is 152 Å². The van der Waals surface area contributed by atoms with Gasteiger partial charge in [-0.3, -0.25) is 4.79 Å². The number of halogens is 5. The van der Waals surface area contributed by atoms with Crippen molar-refractivity contribution >= 4 is 34.8 Å². The topological polar surface area (TPSA) is 62.1 Å². The SMILES string of the molecule is CC(C)C1=NN(C(=O)COc2ccc(Cl)cc2Cl)[C@](O)(C(F)(F)F)C1. The zero-order valence-electron chi connectivity index (χ0n) is 13.3. The van der Waals surface area contributed by atoms with Crippen LogP contribution in [0.1, 0.15) is 20.3 Å². The van der Waals surface area contributed by atoms with Gasteiger partial charge in [0.15, 0.2) is 6.61 Å². The number of ether oxygens (including phenoxy) is 1. The molecule has 1 heterocycles. The van der Waals surface area contributed by atoms with E-state index in [0.29, 0.717) is 5.02 Å². The number of alkyl halides is 3. The zero-order valence-corrected chi connectivity index (χ0v) is 14.8. The van der Waals surface area contributed by atoms with Crippen molar-refractivity contribution < 1.29 is 27.8 Å². The average Bonchev–Trinajstić information content (AvgIpc) is 2.85. The molecule has 10 heteroatoms. The Morgan fingerprint density at radius 1 is 1.44 bits per heavy atom. The normalized spacial score (nSPS) is 20.8. The summed E-state index contributed by atoms with van der Waals surface area (Å²) in [5.41, 5.74) is -3.32. The molecule has 0 aromatic heterocycles. The van der Waals surface area contributed by atoms with E-state index in [1.165, 1.54) is 18.2 Å². The van der Waals surface area contributed by atoms with Crippen molar-refractivity contribution in [2.45, 2.75) is 32.2 Å². The first-order valence-corrected chi connectivity index (χ1v) is 7.98. The van der Waals surface area contributed by atoms with Crippen molar-refractivity contribution in [2.24, 2.45) is 11.0 Å². The highest BCUT2D eigenvalue weighted by molar-refractivity contribution is 6.35. The summed E-state index contributed by atoms with van der Waals surface area (Å²) in [6.45, 7) is 2.45. The first-order chi connectivity index (χ1) is 11.5. The summed E-state index contributed by atoms with van der Waals surface area (Å²) in [5.74, 6) is -1.44. The molecule has 0 unspecified atom stereocenters. The third-order valence-electron chi connectivity index (χ3n) is 3.61. The number of carbonyl (C=O) groups excluding carboxylic acids is 1. The van der Waals surface area contributed by atoms with E-state index in [2.05, 4.69) is 5.10 Å². The van der Waals surface area contributed by atoms with Gasteiger partial charge in [-0.05, 0) is 24.1 Å². The molecule has 1 aliphatic heterocycles. The van der Waals surface area contributed by atoms with Gasteiger partial charge in [0, 0.05) is 17.2 Å². The van der Waals surface area contributed by atoms with Gasteiger partial charge in [0.05, 0.1) is 5.02 Å². The second kappa shape index (κ2) is 7.01. The Morgan fingerprint density at radius 2 is 2.08 bits per heavy atom. The number of carbonyl (C=O) groups is 1. The predicted molar refractivity (Wildman–Crippen MR) is 86.7 cm³/mol. The first-order valence-electron chi connectivity index (χ1n) is 7.23. The van der Waals surface area contributed by atoms with Crippen molar-refractivity contribution in [1.29, 1.82) is 0 Å². The van der Waals surface area contributed by atoms with Crippen LogP contribution in [0, 0.1) is 5.92 Å². The highest BCUT2D eigenvalue weighted by Gasteiger charge is 2.63. The van der Waals surface area contributed by atoms with Crippen LogP contribution in [-0.2, 0) is 4.79 Å². The molecule has 138 valence electrons. The molecule has 25 heavy (non-hydrogen) atoms. The number of hydrogen-bond acceptors (Lipinski definition) is 4. The standard InChI is InChI=1S/C15H15Cl2F3N2O3/c1-8(2)11-6-14(24,15(18,19)20)22(21-11)13(23)7-25-12-4-3-9(16)5-10(12)17/h3-5,8,24H,6-7H2,1-2H3/t14-/m1/s1. The maximum Gasteiger partial charge on any atom is 0.438 e. The molecular formula is C15H15Cl2F3N2O3. The summed E-state index contributed by atoms with van der Waals surface area (Å²) in [4.78, 5) is 12.2. The lowest BCUT2D eigenvalue weighted by atomic mass is 9.99. The van der Waals surface area contributed by atoms with Gasteiger partial charge in [-0.25, -0.2) is 0 Å². The first kappa shape index (κ1) is 19.8. The Balaban J connectivity index is 2.19. The van der Waals surface area contributed by atoms with Gasteiger partial charge < -0.3 is 9.84 Å². The monoisotopic (exact) mass is 398 g/mol. The van der Waals surface area contributed by atoms with Gasteiger partial charge >= 0.3 is 6.18 Å². The fraction of sp³-hybridized carbons (Fsp3) is 0.467. The minimum absolute atomic E-state index is 0.0339. The van der Waals surface area contributed by atoms with E-state index in [-0.39, 0.29) is 27.4 Å². The number of nitrogens with zero attached hydrogens (tertiary/aromatic N) is 2. The number of aliphatic hydroxyl groups is 1. The second-order valence-electron chi connectivity index (χ2n) is 5.81. The quantitative estimate of drug-likeness (QED) is 0.837. The van der Waals surface area contributed by atoms with Crippen molar-refractivity contribution in [1.82, 2.24) is 5.01 Å². The number of amides is 1. The molecule has 1 aromatic carbocycles. The van der Waals surface area contributed by atoms with Crippen LogP contribution in [0.15, 0.2) is 23.3 Å². The van der Waals surface area contributed by atoms with Crippen molar-refractivity contribution in [3.05, 3.63) is 28.2 Å². The number of rotatable bonds is 4. The molecule has 0 radical (unpaired) electrons. The molecule has 0 fully saturated rings. The third kappa shape index (κ3) is 4.02. The van der Waals surface area contributed by atoms with E-state index in [0.717, 1.165) is 0 Å². The summed E-state index contributed by atoms with van der Waals surface area (Å²) >= 11 is 11.6. The van der Waals surface area contributed by atoms with Gasteiger partial charge in [0.1, 0.15) is 5.75 Å². The molecule has 0 saturated heterocycles. The fourth-order valence-corrected chi connectivity index (χ4v) is 2.63. The van der Waals surface area contributed by atoms with Gasteiger partial charge in [-0.1, -0.05) is 37.0 Å². The Bertz CT molecular complexity index is 710. The lowest BCUT2D eigenvalue weighted by molar-refractivity contribution is -0.302. The zero-order chi connectivity index (χ0) is 19.0. The molecule has 1 atom stereocenters. The van der Waals surface area contributed by atoms with Gasteiger partial charge in [0.2, 0.25) is 0 Å². The Hall–Kier alpha value is -1.51. The smallest absolute Gasteiger partial charge is 0.438 e. The maximum absolute atomic E-state index is 13.3. The van der Waals surface area contributed by atoms with Gasteiger partial charge in [-0.15, -0.1) is 0 Å². The third-order valence-corrected chi connectivity index (χ3v) is 4.14. The summed E-state index contributed by atoms with van der Waals surface area (Å²) in [6.07, 6.45) is -5.87. The average molecular weight is 399 g/mol. The lowest BCUT2D eigenvalue weighted by Crippen LogP contribution is -2.57. The highest BCUT2D eigenvalue weighted by Crippen LogP contribution is 2.41. The van der Waals surface area contributed by atoms with E-state index >= 15 is 0 Å². The summed E-state index contributed by atoms with van der Waals surface area (Å²) in [6, 6.07) is 4.19. The highest BCUT2D eigenvalue weighted by atomic mass is 35.5. The molecule has 0 aliphatic carbocycles. The fourth-order valence-electron chi connectivity index (χ4n) is 2.17. The Kier molecular flexibility index (Phi) is 5.56. The van der Waals surface area contributed by atoms with Crippen LogP contribution in [0.3, 0.4) is 0 Å². The van der Waals surface area contributed by atoms with Crippen LogP contribution in [0.4, 0.5) is 13.2 Å². The van der Waals surface area contributed by atoms with Crippen LogP contribution in [0.25, 0.3) is 0 Å². The second-order valence-corrected chi connectivity index (χ2v) is 6.65. The largest absolute Gasteiger partial charge is 0.482 e. The van der Waals surface area contributed by atoms with Crippen LogP contribution < -0.4 is 4.74 Å². The minimum atomic E-state index is -5.07. The summed E-state index contributed by atoms with van der Waals surface area (Å²) in [5, 5.41) is 14.1. The molecule has 0 saturated carbocycles. The molecule has 1 amide bonds. The van der Waals surface area contributed by atoms with E-state index < -0.39 is 30.8 Å². The minimum Gasteiger partial charge on any atom is -0.482 e.